The van der Waals surface area contributed by atoms with E-state index < -0.39 is 0 Å². The molecule has 2 unspecified atom stereocenters. The fraction of sp³-hybridized carbons (Fsp3) is 0.929. The van der Waals surface area contributed by atoms with E-state index in [1.807, 2.05) is 11.8 Å². The Labute approximate surface area is 116 Å². The topological polar surface area (TPSA) is 50.8 Å². The van der Waals surface area contributed by atoms with E-state index in [-0.39, 0.29) is 18.1 Å². The molecule has 1 fully saturated rings. The SMILES string of the molecule is CCC1NC(C(C)C)N(CCCOCCOC)C1=O. The summed E-state index contributed by atoms with van der Waals surface area (Å²) in [6.45, 7) is 9.01. The van der Waals surface area contributed by atoms with Crippen LogP contribution in [0.3, 0.4) is 0 Å². The number of amides is 1. The molecule has 1 saturated heterocycles. The first kappa shape index (κ1) is 16.4. The minimum atomic E-state index is -0.0122. The number of rotatable bonds is 9. The van der Waals surface area contributed by atoms with E-state index in [9.17, 15) is 4.79 Å². The largest absolute Gasteiger partial charge is 0.382 e. The Bertz CT molecular complexity index is 271. The van der Waals surface area contributed by atoms with Crippen LogP contribution in [0, 0.1) is 5.92 Å². The quantitative estimate of drug-likeness (QED) is 0.642. The van der Waals surface area contributed by atoms with Crippen LogP contribution >= 0.6 is 0 Å². The van der Waals surface area contributed by atoms with Crippen LogP contribution < -0.4 is 5.32 Å². The number of carbonyl (C=O) groups excluding carboxylic acids is 1. The summed E-state index contributed by atoms with van der Waals surface area (Å²) in [6.07, 6.45) is 1.89. The molecule has 1 aliphatic rings. The van der Waals surface area contributed by atoms with Gasteiger partial charge < -0.3 is 14.4 Å². The fourth-order valence-electron chi connectivity index (χ4n) is 2.38. The summed E-state index contributed by atoms with van der Waals surface area (Å²) >= 11 is 0. The van der Waals surface area contributed by atoms with Crippen LogP contribution in [0.2, 0.25) is 0 Å². The number of methoxy groups -OCH3 is 1. The Balaban J connectivity index is 2.34. The van der Waals surface area contributed by atoms with Gasteiger partial charge in [-0.3, -0.25) is 10.1 Å². The van der Waals surface area contributed by atoms with Crippen LogP contribution in [0.25, 0.3) is 0 Å². The van der Waals surface area contributed by atoms with Crippen molar-refractivity contribution < 1.29 is 14.3 Å². The lowest BCUT2D eigenvalue weighted by Crippen LogP contribution is -2.42. The molecule has 0 aliphatic carbocycles. The number of hydrogen-bond acceptors (Lipinski definition) is 4. The molecule has 0 aromatic heterocycles. The monoisotopic (exact) mass is 272 g/mol. The van der Waals surface area contributed by atoms with Gasteiger partial charge in [-0.15, -0.1) is 0 Å². The predicted octanol–water partition coefficient (Wildman–Crippen LogP) is 1.23. The Morgan fingerprint density at radius 1 is 1.32 bits per heavy atom. The van der Waals surface area contributed by atoms with Crippen LogP contribution in [0.1, 0.15) is 33.6 Å². The highest BCUT2D eigenvalue weighted by Crippen LogP contribution is 2.19. The molecule has 0 radical (unpaired) electrons. The molecule has 0 saturated carbocycles. The number of nitrogens with one attached hydrogen (secondary N) is 1. The van der Waals surface area contributed by atoms with E-state index in [1.165, 1.54) is 0 Å². The average Bonchev–Trinajstić information content (AvgIpc) is 2.71. The van der Waals surface area contributed by atoms with Gasteiger partial charge in [0.05, 0.1) is 25.4 Å². The zero-order valence-electron chi connectivity index (χ0n) is 12.6. The van der Waals surface area contributed by atoms with E-state index in [0.717, 1.165) is 19.4 Å². The van der Waals surface area contributed by atoms with Crippen molar-refractivity contribution in [3.63, 3.8) is 0 Å². The average molecular weight is 272 g/mol. The maximum absolute atomic E-state index is 12.2. The second-order valence-electron chi connectivity index (χ2n) is 5.31. The summed E-state index contributed by atoms with van der Waals surface area (Å²) in [5.41, 5.74) is 0. The third-order valence-electron chi connectivity index (χ3n) is 3.45. The summed E-state index contributed by atoms with van der Waals surface area (Å²) < 4.78 is 10.4. The van der Waals surface area contributed by atoms with Crippen molar-refractivity contribution in [1.82, 2.24) is 10.2 Å². The van der Waals surface area contributed by atoms with Gasteiger partial charge in [-0.1, -0.05) is 20.8 Å². The minimum absolute atomic E-state index is 0.0122. The number of ether oxygens (including phenoxy) is 2. The predicted molar refractivity (Wildman–Crippen MR) is 74.9 cm³/mol. The third kappa shape index (κ3) is 4.75. The Morgan fingerprint density at radius 3 is 2.63 bits per heavy atom. The van der Waals surface area contributed by atoms with Gasteiger partial charge in [-0.05, 0) is 18.8 Å². The first-order chi connectivity index (χ1) is 9.11. The van der Waals surface area contributed by atoms with Gasteiger partial charge in [0, 0.05) is 20.3 Å². The molecule has 19 heavy (non-hydrogen) atoms. The van der Waals surface area contributed by atoms with Crippen molar-refractivity contribution in [2.75, 3.05) is 33.5 Å². The highest BCUT2D eigenvalue weighted by molar-refractivity contribution is 5.84. The van der Waals surface area contributed by atoms with E-state index in [1.54, 1.807) is 7.11 Å². The summed E-state index contributed by atoms with van der Waals surface area (Å²) in [4.78, 5) is 14.2. The lowest BCUT2D eigenvalue weighted by Gasteiger charge is -2.27. The van der Waals surface area contributed by atoms with Gasteiger partial charge in [0.2, 0.25) is 5.91 Å². The van der Waals surface area contributed by atoms with Gasteiger partial charge in [0.1, 0.15) is 0 Å². The third-order valence-corrected chi connectivity index (χ3v) is 3.45. The molecule has 1 heterocycles. The second kappa shape index (κ2) is 8.51. The summed E-state index contributed by atoms with van der Waals surface area (Å²) in [6, 6.07) is -0.0122. The second-order valence-corrected chi connectivity index (χ2v) is 5.31. The maximum atomic E-state index is 12.2. The van der Waals surface area contributed by atoms with Crippen molar-refractivity contribution in [3.05, 3.63) is 0 Å². The smallest absolute Gasteiger partial charge is 0.241 e. The Morgan fingerprint density at radius 2 is 2.05 bits per heavy atom. The summed E-state index contributed by atoms with van der Waals surface area (Å²) in [5, 5.41) is 3.42. The molecule has 112 valence electrons. The molecule has 1 N–H and O–H groups in total. The molecule has 1 amide bonds. The van der Waals surface area contributed by atoms with Crippen LogP contribution in [0.4, 0.5) is 0 Å². The van der Waals surface area contributed by atoms with Crippen molar-refractivity contribution in [3.8, 4) is 0 Å². The van der Waals surface area contributed by atoms with E-state index >= 15 is 0 Å². The van der Waals surface area contributed by atoms with Gasteiger partial charge in [0.25, 0.3) is 0 Å². The van der Waals surface area contributed by atoms with Crippen LogP contribution in [0.15, 0.2) is 0 Å². The molecule has 5 nitrogen and oxygen atoms in total. The fourth-order valence-corrected chi connectivity index (χ4v) is 2.38. The van der Waals surface area contributed by atoms with Gasteiger partial charge >= 0.3 is 0 Å². The summed E-state index contributed by atoms with van der Waals surface area (Å²) in [7, 11) is 1.66. The van der Waals surface area contributed by atoms with Gasteiger partial charge in [0.15, 0.2) is 0 Å². The van der Waals surface area contributed by atoms with E-state index in [2.05, 4.69) is 19.2 Å². The molecule has 2 atom stereocenters. The van der Waals surface area contributed by atoms with Crippen LogP contribution in [-0.4, -0.2) is 56.5 Å². The van der Waals surface area contributed by atoms with Crippen LogP contribution in [0.5, 0.6) is 0 Å². The molecular weight excluding hydrogens is 244 g/mol. The van der Waals surface area contributed by atoms with Crippen molar-refractivity contribution in [1.29, 1.82) is 0 Å². The number of hydrogen-bond donors (Lipinski definition) is 1. The zero-order valence-corrected chi connectivity index (χ0v) is 12.6. The minimum Gasteiger partial charge on any atom is -0.382 e. The molecule has 1 rings (SSSR count). The number of nitrogens with zero attached hydrogens (tertiary/aromatic N) is 1. The first-order valence-electron chi connectivity index (χ1n) is 7.25. The number of carbonyl (C=O) groups is 1. The van der Waals surface area contributed by atoms with Gasteiger partial charge in [-0.25, -0.2) is 0 Å². The Hall–Kier alpha value is -0.650. The van der Waals surface area contributed by atoms with Crippen LogP contribution in [-0.2, 0) is 14.3 Å². The summed E-state index contributed by atoms with van der Waals surface area (Å²) in [5.74, 6) is 0.660. The molecule has 0 aromatic carbocycles. The van der Waals surface area contributed by atoms with Crippen molar-refractivity contribution in [2.45, 2.75) is 45.8 Å². The highest BCUT2D eigenvalue weighted by Gasteiger charge is 2.38. The lowest BCUT2D eigenvalue weighted by molar-refractivity contribution is -0.130. The molecule has 0 bridgehead atoms. The molecule has 0 aromatic rings. The normalized spacial score (nSPS) is 23.6. The molecule has 5 heteroatoms. The Kier molecular flexibility index (Phi) is 7.34. The zero-order chi connectivity index (χ0) is 14.3. The highest BCUT2D eigenvalue weighted by atomic mass is 16.5. The maximum Gasteiger partial charge on any atom is 0.241 e. The standard InChI is InChI=1S/C14H28N2O3/c1-5-12-14(17)16(13(15-12)11(2)3)7-6-8-19-10-9-18-4/h11-13,15H,5-10H2,1-4H3. The molecule has 1 aliphatic heterocycles. The first-order valence-corrected chi connectivity index (χ1v) is 7.25. The lowest BCUT2D eigenvalue weighted by atomic mass is 10.1. The van der Waals surface area contributed by atoms with Crippen molar-refractivity contribution >= 4 is 5.91 Å². The van der Waals surface area contributed by atoms with Crippen molar-refractivity contribution in [2.24, 2.45) is 5.92 Å². The molecular formula is C14H28N2O3. The molecule has 0 spiro atoms. The van der Waals surface area contributed by atoms with Gasteiger partial charge in [-0.2, -0.15) is 0 Å². The van der Waals surface area contributed by atoms with E-state index in [4.69, 9.17) is 9.47 Å². The van der Waals surface area contributed by atoms with E-state index in [0.29, 0.717) is 25.7 Å².